The zero-order valence-electron chi connectivity index (χ0n) is 11.5. The molecular weight excluding hydrogens is 283 g/mol. The standard InChI is InChI=1S/C13H19FN2O3S/c1-8-5-11(14)12(15)7-13(8)20(17,18)16-10-3-4-19-9(2)6-10/h5,7,9-10,16H,3-4,6,15H2,1-2H3. The van der Waals surface area contributed by atoms with Crippen molar-refractivity contribution in [2.75, 3.05) is 12.3 Å². The largest absolute Gasteiger partial charge is 0.396 e. The highest BCUT2D eigenvalue weighted by Crippen LogP contribution is 2.23. The minimum atomic E-state index is -3.71. The summed E-state index contributed by atoms with van der Waals surface area (Å²) in [6.45, 7) is 3.98. The summed E-state index contributed by atoms with van der Waals surface area (Å²) in [5.41, 5.74) is 5.62. The van der Waals surface area contributed by atoms with Gasteiger partial charge in [-0.1, -0.05) is 0 Å². The predicted molar refractivity (Wildman–Crippen MR) is 74.3 cm³/mol. The number of hydrogen-bond donors (Lipinski definition) is 2. The molecule has 1 fully saturated rings. The molecule has 1 aliphatic rings. The maximum Gasteiger partial charge on any atom is 0.241 e. The number of hydrogen-bond acceptors (Lipinski definition) is 4. The quantitative estimate of drug-likeness (QED) is 0.830. The molecule has 0 amide bonds. The highest BCUT2D eigenvalue weighted by Gasteiger charge is 2.26. The van der Waals surface area contributed by atoms with E-state index in [1.807, 2.05) is 6.92 Å². The summed E-state index contributed by atoms with van der Waals surface area (Å²) in [6.07, 6.45) is 1.27. The van der Waals surface area contributed by atoms with Crippen molar-refractivity contribution in [2.24, 2.45) is 0 Å². The first kappa shape index (κ1) is 15.2. The van der Waals surface area contributed by atoms with Gasteiger partial charge >= 0.3 is 0 Å². The van der Waals surface area contributed by atoms with E-state index in [-0.39, 0.29) is 22.7 Å². The van der Waals surface area contributed by atoms with Gasteiger partial charge in [0.2, 0.25) is 10.0 Å². The van der Waals surface area contributed by atoms with Gasteiger partial charge < -0.3 is 10.5 Å². The molecule has 5 nitrogen and oxygen atoms in total. The summed E-state index contributed by atoms with van der Waals surface area (Å²) in [4.78, 5) is 0.0237. The number of ether oxygens (including phenoxy) is 1. The van der Waals surface area contributed by atoms with Gasteiger partial charge in [-0.25, -0.2) is 17.5 Å². The van der Waals surface area contributed by atoms with Crippen molar-refractivity contribution in [1.29, 1.82) is 0 Å². The summed E-state index contributed by atoms with van der Waals surface area (Å²) in [5, 5.41) is 0. The number of sulfonamides is 1. The van der Waals surface area contributed by atoms with E-state index in [2.05, 4.69) is 4.72 Å². The maximum absolute atomic E-state index is 13.3. The summed E-state index contributed by atoms with van der Waals surface area (Å²) in [5.74, 6) is -0.610. The first-order chi connectivity index (χ1) is 9.29. The van der Waals surface area contributed by atoms with E-state index in [1.54, 1.807) is 6.92 Å². The lowest BCUT2D eigenvalue weighted by Crippen LogP contribution is -2.41. The topological polar surface area (TPSA) is 81.4 Å². The second-order valence-electron chi connectivity index (χ2n) is 5.16. The molecule has 1 heterocycles. The number of nitrogen functional groups attached to an aromatic ring is 1. The normalized spacial score (nSPS) is 23.8. The number of benzene rings is 1. The molecule has 2 atom stereocenters. The van der Waals surface area contributed by atoms with Gasteiger partial charge in [0.05, 0.1) is 16.7 Å². The van der Waals surface area contributed by atoms with E-state index in [1.165, 1.54) is 0 Å². The van der Waals surface area contributed by atoms with Gasteiger partial charge in [-0.3, -0.25) is 0 Å². The molecule has 7 heteroatoms. The van der Waals surface area contributed by atoms with E-state index < -0.39 is 15.8 Å². The lowest BCUT2D eigenvalue weighted by Gasteiger charge is -2.28. The van der Waals surface area contributed by atoms with Gasteiger partial charge in [0, 0.05) is 12.6 Å². The Morgan fingerprint density at radius 3 is 2.80 bits per heavy atom. The molecule has 112 valence electrons. The van der Waals surface area contributed by atoms with Gasteiger partial charge in [0.25, 0.3) is 0 Å². The molecule has 1 aliphatic heterocycles. The highest BCUT2D eigenvalue weighted by molar-refractivity contribution is 7.89. The number of nitrogens with one attached hydrogen (secondary N) is 1. The van der Waals surface area contributed by atoms with Gasteiger partial charge in [0.15, 0.2) is 0 Å². The molecule has 2 unspecified atom stereocenters. The van der Waals surface area contributed by atoms with Crippen LogP contribution in [-0.2, 0) is 14.8 Å². The molecule has 0 bridgehead atoms. The molecule has 2 rings (SSSR count). The third-order valence-corrected chi connectivity index (χ3v) is 5.05. The van der Waals surface area contributed by atoms with Crippen LogP contribution in [0.3, 0.4) is 0 Å². The van der Waals surface area contributed by atoms with Crippen molar-refractivity contribution >= 4 is 15.7 Å². The fraction of sp³-hybridized carbons (Fsp3) is 0.538. The Hall–Kier alpha value is -1.18. The van der Waals surface area contributed by atoms with Crippen LogP contribution in [0.2, 0.25) is 0 Å². The average molecular weight is 302 g/mol. The number of nitrogens with two attached hydrogens (primary N) is 1. The van der Waals surface area contributed by atoms with Crippen LogP contribution in [0.25, 0.3) is 0 Å². The number of halogens is 1. The van der Waals surface area contributed by atoms with E-state index in [9.17, 15) is 12.8 Å². The van der Waals surface area contributed by atoms with E-state index >= 15 is 0 Å². The van der Waals surface area contributed by atoms with Gasteiger partial charge in [-0.05, 0) is 44.4 Å². The third kappa shape index (κ3) is 3.28. The first-order valence-corrected chi connectivity index (χ1v) is 7.97. The van der Waals surface area contributed by atoms with E-state index in [0.717, 1.165) is 12.1 Å². The second-order valence-corrected chi connectivity index (χ2v) is 6.85. The SMILES string of the molecule is Cc1cc(F)c(N)cc1S(=O)(=O)NC1CCOC(C)C1. The molecule has 0 saturated carbocycles. The van der Waals surface area contributed by atoms with Crippen LogP contribution in [0, 0.1) is 12.7 Å². The fourth-order valence-corrected chi connectivity index (χ4v) is 3.89. The van der Waals surface area contributed by atoms with Crippen LogP contribution in [0.15, 0.2) is 17.0 Å². The fourth-order valence-electron chi connectivity index (χ4n) is 2.35. The van der Waals surface area contributed by atoms with Crippen molar-refractivity contribution in [3.8, 4) is 0 Å². The molecule has 1 saturated heterocycles. The second kappa shape index (κ2) is 5.67. The summed E-state index contributed by atoms with van der Waals surface area (Å²) in [6, 6.07) is 2.13. The molecule has 0 spiro atoms. The molecular formula is C13H19FN2O3S. The van der Waals surface area contributed by atoms with Crippen molar-refractivity contribution in [1.82, 2.24) is 4.72 Å². The van der Waals surface area contributed by atoms with Crippen LogP contribution in [0.1, 0.15) is 25.3 Å². The van der Waals surface area contributed by atoms with Crippen LogP contribution in [-0.4, -0.2) is 27.2 Å². The Kier molecular flexibility index (Phi) is 4.31. The van der Waals surface area contributed by atoms with Crippen LogP contribution in [0.5, 0.6) is 0 Å². The van der Waals surface area contributed by atoms with Crippen molar-refractivity contribution in [2.45, 2.75) is 43.7 Å². The number of anilines is 1. The number of rotatable bonds is 3. The zero-order chi connectivity index (χ0) is 14.9. The van der Waals surface area contributed by atoms with Crippen molar-refractivity contribution in [3.63, 3.8) is 0 Å². The van der Waals surface area contributed by atoms with Gasteiger partial charge in [-0.2, -0.15) is 0 Å². The third-order valence-electron chi connectivity index (χ3n) is 3.39. The molecule has 1 aromatic carbocycles. The van der Waals surface area contributed by atoms with Crippen LogP contribution < -0.4 is 10.5 Å². The predicted octanol–water partition coefficient (Wildman–Crippen LogP) is 1.56. The summed E-state index contributed by atoms with van der Waals surface area (Å²) in [7, 11) is -3.71. The average Bonchev–Trinajstić information content (AvgIpc) is 2.33. The van der Waals surface area contributed by atoms with Gasteiger partial charge in [0.1, 0.15) is 5.82 Å². The monoisotopic (exact) mass is 302 g/mol. The van der Waals surface area contributed by atoms with Crippen molar-refractivity contribution in [3.05, 3.63) is 23.5 Å². The Bertz CT molecular complexity index is 604. The summed E-state index contributed by atoms with van der Waals surface area (Å²) < 4.78 is 46.0. The molecule has 3 N–H and O–H groups in total. The van der Waals surface area contributed by atoms with E-state index in [4.69, 9.17) is 10.5 Å². The maximum atomic E-state index is 13.3. The number of aryl methyl sites for hydroxylation is 1. The lowest BCUT2D eigenvalue weighted by molar-refractivity contribution is 0.0173. The van der Waals surface area contributed by atoms with E-state index in [0.29, 0.717) is 25.0 Å². The zero-order valence-corrected chi connectivity index (χ0v) is 12.3. The Morgan fingerprint density at radius 2 is 2.15 bits per heavy atom. The molecule has 20 heavy (non-hydrogen) atoms. The van der Waals surface area contributed by atoms with Gasteiger partial charge in [-0.15, -0.1) is 0 Å². The van der Waals surface area contributed by atoms with Crippen LogP contribution in [0.4, 0.5) is 10.1 Å². The molecule has 1 aromatic rings. The van der Waals surface area contributed by atoms with Crippen LogP contribution >= 0.6 is 0 Å². The first-order valence-electron chi connectivity index (χ1n) is 6.49. The minimum absolute atomic E-state index is 0.0237. The molecule has 0 radical (unpaired) electrons. The minimum Gasteiger partial charge on any atom is -0.396 e. The summed E-state index contributed by atoms with van der Waals surface area (Å²) >= 11 is 0. The Balaban J connectivity index is 2.24. The highest BCUT2D eigenvalue weighted by atomic mass is 32.2. The smallest absolute Gasteiger partial charge is 0.241 e. The molecule has 0 aliphatic carbocycles. The Morgan fingerprint density at radius 1 is 1.45 bits per heavy atom. The molecule has 0 aromatic heterocycles. The Labute approximate surface area is 118 Å². The lowest BCUT2D eigenvalue weighted by atomic mass is 10.1. The van der Waals surface area contributed by atoms with Crippen molar-refractivity contribution < 1.29 is 17.5 Å².